The molecule has 2 atom stereocenters. The average molecular weight is 261 g/mol. The molecule has 0 spiro atoms. The molecule has 1 aromatic carbocycles. The van der Waals surface area contributed by atoms with E-state index in [1.165, 1.54) is 0 Å². The lowest BCUT2D eigenvalue weighted by molar-refractivity contribution is -0.122. The van der Waals surface area contributed by atoms with E-state index in [4.69, 9.17) is 4.74 Å². The lowest BCUT2D eigenvalue weighted by Crippen LogP contribution is -2.39. The van der Waals surface area contributed by atoms with Gasteiger partial charge >= 0.3 is 0 Å². The normalized spacial score (nSPS) is 21.3. The summed E-state index contributed by atoms with van der Waals surface area (Å²) >= 11 is 0. The summed E-state index contributed by atoms with van der Waals surface area (Å²) in [5, 5.41) is 0. The van der Waals surface area contributed by atoms with Gasteiger partial charge in [0.1, 0.15) is 11.5 Å². The molecular weight excluding hydrogens is 238 g/mol. The Hall–Kier alpha value is -1.51. The van der Waals surface area contributed by atoms with Crippen molar-refractivity contribution in [2.24, 2.45) is 5.92 Å². The fourth-order valence-electron chi connectivity index (χ4n) is 2.32. The maximum atomic E-state index is 11.6. The molecule has 0 aliphatic carbocycles. The van der Waals surface area contributed by atoms with Crippen LogP contribution >= 0.6 is 0 Å². The van der Waals surface area contributed by atoms with Gasteiger partial charge in [0.2, 0.25) is 0 Å². The Balaban J connectivity index is 2.08. The SMILES string of the molecule is CCC(C)Oc1cccc(N2CCC(=O)C(C)C2)c1. The maximum absolute atomic E-state index is 11.6. The average Bonchev–Trinajstić information content (AvgIpc) is 2.42. The molecule has 0 saturated carbocycles. The zero-order chi connectivity index (χ0) is 13.8. The molecule has 19 heavy (non-hydrogen) atoms. The fraction of sp³-hybridized carbons (Fsp3) is 0.562. The third-order valence-corrected chi connectivity index (χ3v) is 3.77. The molecular formula is C16H23NO2. The zero-order valence-electron chi connectivity index (χ0n) is 12.1. The third-order valence-electron chi connectivity index (χ3n) is 3.77. The number of nitrogens with zero attached hydrogens (tertiary/aromatic N) is 1. The number of carbonyl (C=O) groups is 1. The van der Waals surface area contributed by atoms with E-state index in [2.05, 4.69) is 30.9 Å². The minimum atomic E-state index is 0.132. The van der Waals surface area contributed by atoms with Crippen LogP contribution < -0.4 is 9.64 Å². The molecule has 3 heteroatoms. The summed E-state index contributed by atoms with van der Waals surface area (Å²) in [5.74, 6) is 1.42. The number of ketones is 1. The maximum Gasteiger partial charge on any atom is 0.139 e. The molecule has 0 radical (unpaired) electrons. The van der Waals surface area contributed by atoms with E-state index >= 15 is 0 Å². The van der Waals surface area contributed by atoms with Crippen LogP contribution in [0.4, 0.5) is 5.69 Å². The molecule has 0 bridgehead atoms. The van der Waals surface area contributed by atoms with Crippen molar-refractivity contribution in [3.8, 4) is 5.75 Å². The van der Waals surface area contributed by atoms with Crippen molar-refractivity contribution in [1.29, 1.82) is 0 Å². The molecule has 1 aliphatic rings. The molecule has 1 fully saturated rings. The van der Waals surface area contributed by atoms with E-state index in [0.717, 1.165) is 30.9 Å². The number of rotatable bonds is 4. The highest BCUT2D eigenvalue weighted by molar-refractivity contribution is 5.83. The van der Waals surface area contributed by atoms with E-state index in [1.807, 2.05) is 19.1 Å². The predicted molar refractivity (Wildman–Crippen MR) is 77.8 cm³/mol. The van der Waals surface area contributed by atoms with Gasteiger partial charge in [0.15, 0.2) is 0 Å². The minimum Gasteiger partial charge on any atom is -0.491 e. The van der Waals surface area contributed by atoms with Gasteiger partial charge in [0.25, 0.3) is 0 Å². The zero-order valence-corrected chi connectivity index (χ0v) is 12.1. The van der Waals surface area contributed by atoms with Crippen molar-refractivity contribution in [3.05, 3.63) is 24.3 Å². The first-order valence-electron chi connectivity index (χ1n) is 7.14. The number of ether oxygens (including phenoxy) is 1. The summed E-state index contributed by atoms with van der Waals surface area (Å²) in [5.41, 5.74) is 1.15. The highest BCUT2D eigenvalue weighted by Crippen LogP contribution is 2.25. The van der Waals surface area contributed by atoms with Gasteiger partial charge in [-0.2, -0.15) is 0 Å². The predicted octanol–water partition coefficient (Wildman–Crippen LogP) is 3.28. The molecule has 0 aromatic heterocycles. The van der Waals surface area contributed by atoms with Crippen LogP contribution in [0, 0.1) is 5.92 Å². The van der Waals surface area contributed by atoms with Gasteiger partial charge in [-0.1, -0.05) is 19.9 Å². The van der Waals surface area contributed by atoms with Crippen molar-refractivity contribution < 1.29 is 9.53 Å². The van der Waals surface area contributed by atoms with Crippen LogP contribution in [0.25, 0.3) is 0 Å². The van der Waals surface area contributed by atoms with Crippen LogP contribution in [-0.2, 0) is 4.79 Å². The lowest BCUT2D eigenvalue weighted by Gasteiger charge is -2.32. The van der Waals surface area contributed by atoms with Crippen molar-refractivity contribution in [2.45, 2.75) is 39.7 Å². The van der Waals surface area contributed by atoms with Gasteiger partial charge in [-0.05, 0) is 25.5 Å². The Bertz CT molecular complexity index is 444. The summed E-state index contributed by atoms with van der Waals surface area (Å²) < 4.78 is 5.85. The van der Waals surface area contributed by atoms with E-state index in [0.29, 0.717) is 12.2 Å². The number of anilines is 1. The number of hydrogen-bond donors (Lipinski definition) is 0. The van der Waals surface area contributed by atoms with Crippen molar-refractivity contribution in [3.63, 3.8) is 0 Å². The van der Waals surface area contributed by atoms with Gasteiger partial charge in [-0.25, -0.2) is 0 Å². The molecule has 1 aromatic rings. The fourth-order valence-corrected chi connectivity index (χ4v) is 2.32. The smallest absolute Gasteiger partial charge is 0.139 e. The molecule has 2 rings (SSSR count). The van der Waals surface area contributed by atoms with E-state index in [9.17, 15) is 4.79 Å². The number of carbonyl (C=O) groups excluding carboxylic acids is 1. The van der Waals surface area contributed by atoms with Crippen LogP contribution in [0.5, 0.6) is 5.75 Å². The summed E-state index contributed by atoms with van der Waals surface area (Å²) in [4.78, 5) is 13.8. The van der Waals surface area contributed by atoms with Crippen molar-refractivity contribution >= 4 is 11.5 Å². The molecule has 2 unspecified atom stereocenters. The molecule has 0 N–H and O–H groups in total. The Labute approximate surface area is 115 Å². The first kappa shape index (κ1) is 13.9. The molecule has 0 amide bonds. The summed E-state index contributed by atoms with van der Waals surface area (Å²) in [6.45, 7) is 7.83. The Morgan fingerprint density at radius 2 is 2.26 bits per heavy atom. The minimum absolute atomic E-state index is 0.132. The highest BCUT2D eigenvalue weighted by Gasteiger charge is 2.23. The first-order valence-corrected chi connectivity index (χ1v) is 7.14. The number of benzene rings is 1. The van der Waals surface area contributed by atoms with E-state index < -0.39 is 0 Å². The molecule has 1 aliphatic heterocycles. The van der Waals surface area contributed by atoms with Crippen molar-refractivity contribution in [2.75, 3.05) is 18.0 Å². The lowest BCUT2D eigenvalue weighted by atomic mass is 9.98. The van der Waals surface area contributed by atoms with Gasteiger partial charge in [0.05, 0.1) is 6.10 Å². The van der Waals surface area contributed by atoms with Crippen LogP contribution in [0.2, 0.25) is 0 Å². The van der Waals surface area contributed by atoms with Gasteiger partial charge in [-0.3, -0.25) is 4.79 Å². The van der Waals surface area contributed by atoms with E-state index in [1.54, 1.807) is 0 Å². The highest BCUT2D eigenvalue weighted by atomic mass is 16.5. The Kier molecular flexibility index (Phi) is 4.46. The molecule has 3 nitrogen and oxygen atoms in total. The largest absolute Gasteiger partial charge is 0.491 e. The molecule has 1 heterocycles. The van der Waals surface area contributed by atoms with Crippen LogP contribution in [0.3, 0.4) is 0 Å². The van der Waals surface area contributed by atoms with Crippen LogP contribution in [-0.4, -0.2) is 25.0 Å². The summed E-state index contributed by atoms with van der Waals surface area (Å²) in [6, 6.07) is 8.18. The first-order chi connectivity index (χ1) is 9.10. The van der Waals surface area contributed by atoms with Gasteiger partial charge in [0, 0.05) is 37.2 Å². The molecule has 1 saturated heterocycles. The van der Waals surface area contributed by atoms with Gasteiger partial charge in [-0.15, -0.1) is 0 Å². The number of piperidine rings is 1. The quantitative estimate of drug-likeness (QED) is 0.833. The standard InChI is InChI=1S/C16H23NO2/c1-4-13(3)19-15-7-5-6-14(10-15)17-9-8-16(18)12(2)11-17/h5-7,10,12-13H,4,8-9,11H2,1-3H3. The topological polar surface area (TPSA) is 29.5 Å². The Morgan fingerprint density at radius 1 is 1.47 bits per heavy atom. The van der Waals surface area contributed by atoms with E-state index in [-0.39, 0.29) is 12.0 Å². The van der Waals surface area contributed by atoms with Crippen LogP contribution in [0.15, 0.2) is 24.3 Å². The second-order valence-electron chi connectivity index (χ2n) is 5.40. The van der Waals surface area contributed by atoms with Gasteiger partial charge < -0.3 is 9.64 Å². The van der Waals surface area contributed by atoms with Crippen molar-refractivity contribution in [1.82, 2.24) is 0 Å². The second-order valence-corrected chi connectivity index (χ2v) is 5.40. The third kappa shape index (κ3) is 3.49. The monoisotopic (exact) mass is 261 g/mol. The number of hydrogen-bond acceptors (Lipinski definition) is 3. The van der Waals surface area contributed by atoms with Crippen LogP contribution in [0.1, 0.15) is 33.6 Å². The summed E-state index contributed by atoms with van der Waals surface area (Å²) in [7, 11) is 0. The number of Topliss-reactive ketones (excluding diaryl/α,β-unsaturated/α-hetero) is 1. The second kappa shape index (κ2) is 6.09. The summed E-state index contributed by atoms with van der Waals surface area (Å²) in [6.07, 6.45) is 1.88. The Morgan fingerprint density at radius 3 is 2.95 bits per heavy atom. The molecule has 104 valence electrons.